The van der Waals surface area contributed by atoms with Gasteiger partial charge < -0.3 is 20.2 Å². The van der Waals surface area contributed by atoms with Crippen molar-refractivity contribution in [2.75, 3.05) is 23.9 Å². The Morgan fingerprint density at radius 2 is 2.29 bits per heavy atom. The molecule has 112 valence electrons. The minimum atomic E-state index is -0.136. The Kier molecular flexibility index (Phi) is 5.04. The summed E-state index contributed by atoms with van der Waals surface area (Å²) in [6.07, 6.45) is 0.310. The molecule has 21 heavy (non-hydrogen) atoms. The number of nitrogens with one attached hydrogen (secondary N) is 1. The molecule has 0 aliphatic rings. The Bertz CT molecular complexity index is 630. The molecule has 0 unspecified atom stereocenters. The van der Waals surface area contributed by atoms with E-state index in [4.69, 9.17) is 14.9 Å². The van der Waals surface area contributed by atoms with Gasteiger partial charge in [-0.3, -0.25) is 4.79 Å². The molecule has 3 N–H and O–H groups in total. The second-order valence-corrected chi connectivity index (χ2v) is 5.24. The molecule has 8 heteroatoms. The van der Waals surface area contributed by atoms with E-state index >= 15 is 0 Å². The minimum absolute atomic E-state index is 0.136. The third-order valence-electron chi connectivity index (χ3n) is 2.56. The van der Waals surface area contributed by atoms with Crippen molar-refractivity contribution in [1.29, 1.82) is 0 Å². The van der Waals surface area contributed by atoms with Crippen molar-refractivity contribution in [1.82, 2.24) is 10.2 Å². The number of aromatic nitrogens is 2. The fraction of sp³-hybridized carbons (Fsp3) is 0.308. The first-order valence-corrected chi connectivity index (χ1v) is 7.23. The maximum Gasteiger partial charge on any atom is 0.276 e. The SMILES string of the molecule is COc1ccc(N)cc1NC(=O)CCSc1nnc(C)o1. The van der Waals surface area contributed by atoms with E-state index in [0.29, 0.717) is 40.4 Å². The lowest BCUT2D eigenvalue weighted by Gasteiger charge is -2.10. The van der Waals surface area contributed by atoms with Gasteiger partial charge in [0.25, 0.3) is 5.22 Å². The van der Waals surface area contributed by atoms with Crippen LogP contribution in [0.5, 0.6) is 5.75 Å². The fourth-order valence-corrected chi connectivity index (χ4v) is 2.34. The molecule has 0 bridgehead atoms. The number of benzene rings is 1. The molecule has 2 rings (SSSR count). The highest BCUT2D eigenvalue weighted by molar-refractivity contribution is 7.99. The maximum atomic E-state index is 11.9. The van der Waals surface area contributed by atoms with Crippen LogP contribution < -0.4 is 15.8 Å². The lowest BCUT2D eigenvalue weighted by molar-refractivity contribution is -0.115. The summed E-state index contributed by atoms with van der Waals surface area (Å²) >= 11 is 1.34. The van der Waals surface area contributed by atoms with E-state index in [9.17, 15) is 4.79 Å². The lowest BCUT2D eigenvalue weighted by atomic mass is 10.2. The number of hydrogen-bond acceptors (Lipinski definition) is 7. The molecule has 2 aromatic rings. The van der Waals surface area contributed by atoms with Crippen LogP contribution >= 0.6 is 11.8 Å². The van der Waals surface area contributed by atoms with Crippen molar-refractivity contribution >= 4 is 29.0 Å². The van der Waals surface area contributed by atoms with Gasteiger partial charge in [0, 0.05) is 24.8 Å². The first-order valence-electron chi connectivity index (χ1n) is 6.25. The smallest absolute Gasteiger partial charge is 0.276 e. The molecule has 0 saturated heterocycles. The van der Waals surface area contributed by atoms with Crippen molar-refractivity contribution in [3.8, 4) is 5.75 Å². The molecular formula is C13H16N4O3S. The van der Waals surface area contributed by atoms with Gasteiger partial charge >= 0.3 is 0 Å². The van der Waals surface area contributed by atoms with Crippen LogP contribution in [0.25, 0.3) is 0 Å². The lowest BCUT2D eigenvalue weighted by Crippen LogP contribution is -2.13. The van der Waals surface area contributed by atoms with Gasteiger partial charge in [0.1, 0.15) is 5.75 Å². The second-order valence-electron chi connectivity index (χ2n) is 4.19. The highest BCUT2D eigenvalue weighted by Gasteiger charge is 2.09. The monoisotopic (exact) mass is 308 g/mol. The number of methoxy groups -OCH3 is 1. The molecule has 1 aromatic heterocycles. The van der Waals surface area contributed by atoms with Crippen molar-refractivity contribution < 1.29 is 13.9 Å². The number of nitrogen functional groups attached to an aromatic ring is 1. The van der Waals surface area contributed by atoms with Crippen LogP contribution in [0.2, 0.25) is 0 Å². The molecule has 0 radical (unpaired) electrons. The zero-order chi connectivity index (χ0) is 15.2. The average molecular weight is 308 g/mol. The van der Waals surface area contributed by atoms with E-state index < -0.39 is 0 Å². The van der Waals surface area contributed by atoms with Crippen LogP contribution in [-0.4, -0.2) is 29.0 Å². The number of carbonyl (C=O) groups excluding carboxylic acids is 1. The molecule has 0 fully saturated rings. The Labute approximate surface area is 126 Å². The van der Waals surface area contributed by atoms with Crippen LogP contribution in [0.3, 0.4) is 0 Å². The van der Waals surface area contributed by atoms with Crippen LogP contribution in [0.4, 0.5) is 11.4 Å². The van der Waals surface area contributed by atoms with E-state index in [1.54, 1.807) is 25.1 Å². The largest absolute Gasteiger partial charge is 0.495 e. The Balaban J connectivity index is 1.85. The predicted octanol–water partition coefficient (Wildman–Crippen LogP) is 2.09. The summed E-state index contributed by atoms with van der Waals surface area (Å²) in [7, 11) is 1.54. The van der Waals surface area contributed by atoms with Crippen LogP contribution in [0.15, 0.2) is 27.8 Å². The predicted molar refractivity (Wildman–Crippen MR) is 80.4 cm³/mol. The van der Waals surface area contributed by atoms with E-state index in [1.165, 1.54) is 18.9 Å². The highest BCUT2D eigenvalue weighted by atomic mass is 32.2. The van der Waals surface area contributed by atoms with E-state index in [-0.39, 0.29) is 5.91 Å². The Hall–Kier alpha value is -2.22. The highest BCUT2D eigenvalue weighted by Crippen LogP contribution is 2.26. The van der Waals surface area contributed by atoms with Gasteiger partial charge in [-0.1, -0.05) is 11.8 Å². The van der Waals surface area contributed by atoms with Crippen LogP contribution in [0.1, 0.15) is 12.3 Å². The van der Waals surface area contributed by atoms with E-state index in [0.717, 1.165) is 0 Å². The Morgan fingerprint density at radius 1 is 1.48 bits per heavy atom. The number of aryl methyl sites for hydroxylation is 1. The molecule has 0 atom stereocenters. The van der Waals surface area contributed by atoms with Gasteiger partial charge in [0.2, 0.25) is 11.8 Å². The molecular weight excluding hydrogens is 292 g/mol. The summed E-state index contributed by atoms with van der Waals surface area (Å²) in [6.45, 7) is 1.72. The van der Waals surface area contributed by atoms with Gasteiger partial charge in [-0.15, -0.1) is 10.2 Å². The fourth-order valence-electron chi connectivity index (χ4n) is 1.60. The molecule has 1 heterocycles. The number of carbonyl (C=O) groups is 1. The normalized spacial score (nSPS) is 10.4. The first-order chi connectivity index (χ1) is 10.1. The number of nitrogens with two attached hydrogens (primary N) is 1. The standard InChI is InChI=1S/C13H16N4O3S/c1-8-16-17-13(20-8)21-6-5-12(18)15-10-7-9(14)3-4-11(10)19-2/h3-4,7H,5-6,14H2,1-2H3,(H,15,18). The maximum absolute atomic E-state index is 11.9. The average Bonchev–Trinajstić information content (AvgIpc) is 2.85. The van der Waals surface area contributed by atoms with Crippen molar-refractivity contribution in [2.45, 2.75) is 18.6 Å². The quantitative estimate of drug-likeness (QED) is 0.622. The van der Waals surface area contributed by atoms with Gasteiger partial charge in [-0.25, -0.2) is 0 Å². The molecule has 7 nitrogen and oxygen atoms in total. The summed E-state index contributed by atoms with van der Waals surface area (Å²) in [5, 5.41) is 10.8. The summed E-state index contributed by atoms with van der Waals surface area (Å²) in [4.78, 5) is 11.9. The Morgan fingerprint density at radius 3 is 2.95 bits per heavy atom. The second kappa shape index (κ2) is 6.98. The number of thioether (sulfide) groups is 1. The van der Waals surface area contributed by atoms with Gasteiger partial charge in [0.15, 0.2) is 0 Å². The number of hydrogen-bond donors (Lipinski definition) is 2. The number of rotatable bonds is 6. The van der Waals surface area contributed by atoms with Crippen LogP contribution in [0, 0.1) is 6.92 Å². The number of nitrogens with zero attached hydrogens (tertiary/aromatic N) is 2. The van der Waals surface area contributed by atoms with Gasteiger partial charge in [-0.05, 0) is 18.2 Å². The van der Waals surface area contributed by atoms with Gasteiger partial charge in [-0.2, -0.15) is 0 Å². The first kappa shape index (κ1) is 15.2. The third kappa shape index (κ3) is 4.38. The minimum Gasteiger partial charge on any atom is -0.495 e. The zero-order valence-electron chi connectivity index (χ0n) is 11.8. The molecule has 0 aliphatic heterocycles. The third-order valence-corrected chi connectivity index (χ3v) is 3.38. The van der Waals surface area contributed by atoms with Crippen molar-refractivity contribution in [3.63, 3.8) is 0 Å². The number of anilines is 2. The van der Waals surface area contributed by atoms with Gasteiger partial charge in [0.05, 0.1) is 12.8 Å². The summed E-state index contributed by atoms with van der Waals surface area (Å²) in [5.74, 6) is 1.48. The van der Waals surface area contributed by atoms with Crippen molar-refractivity contribution in [2.24, 2.45) is 0 Å². The zero-order valence-corrected chi connectivity index (χ0v) is 12.6. The molecule has 0 saturated carbocycles. The van der Waals surface area contributed by atoms with Crippen LogP contribution in [-0.2, 0) is 4.79 Å². The molecule has 0 aliphatic carbocycles. The summed E-state index contributed by atoms with van der Waals surface area (Å²) < 4.78 is 10.4. The van der Waals surface area contributed by atoms with E-state index in [1.807, 2.05) is 0 Å². The molecule has 0 spiro atoms. The molecule has 1 amide bonds. The number of amides is 1. The summed E-state index contributed by atoms with van der Waals surface area (Å²) in [6, 6.07) is 5.08. The topological polar surface area (TPSA) is 103 Å². The molecule has 1 aromatic carbocycles. The van der Waals surface area contributed by atoms with Crippen molar-refractivity contribution in [3.05, 3.63) is 24.1 Å². The van der Waals surface area contributed by atoms with E-state index in [2.05, 4.69) is 15.5 Å². The number of ether oxygens (including phenoxy) is 1. The summed E-state index contributed by atoms with van der Waals surface area (Å²) in [5.41, 5.74) is 6.81.